The van der Waals surface area contributed by atoms with Crippen LogP contribution in [-0.2, 0) is 19.7 Å². The first-order valence-corrected chi connectivity index (χ1v) is 6.70. The van der Waals surface area contributed by atoms with Crippen LogP contribution in [0.1, 0.15) is 16.7 Å². The SMILES string of the molecule is CN(C)c1ccc(CNCc2cccc(CO)c2)cn1. The minimum absolute atomic E-state index is 0.0871. The van der Waals surface area contributed by atoms with Gasteiger partial charge in [0.2, 0.25) is 0 Å². The van der Waals surface area contributed by atoms with Crippen LogP contribution < -0.4 is 10.2 Å². The van der Waals surface area contributed by atoms with Crippen LogP contribution in [0.15, 0.2) is 42.6 Å². The van der Waals surface area contributed by atoms with E-state index in [0.29, 0.717) is 0 Å². The Labute approximate surface area is 120 Å². The second-order valence-electron chi connectivity index (χ2n) is 5.00. The molecule has 0 bridgehead atoms. The maximum Gasteiger partial charge on any atom is 0.127 e. The van der Waals surface area contributed by atoms with Crippen molar-refractivity contribution >= 4 is 5.82 Å². The zero-order chi connectivity index (χ0) is 14.4. The van der Waals surface area contributed by atoms with Gasteiger partial charge in [-0.1, -0.05) is 30.3 Å². The summed E-state index contributed by atoms with van der Waals surface area (Å²) < 4.78 is 0. The summed E-state index contributed by atoms with van der Waals surface area (Å²) >= 11 is 0. The quantitative estimate of drug-likeness (QED) is 0.843. The first kappa shape index (κ1) is 14.5. The molecule has 0 aliphatic heterocycles. The number of hydrogen-bond donors (Lipinski definition) is 2. The normalized spacial score (nSPS) is 10.6. The van der Waals surface area contributed by atoms with Crippen LogP contribution in [0.2, 0.25) is 0 Å². The summed E-state index contributed by atoms with van der Waals surface area (Å²) in [6, 6.07) is 12.1. The average molecular weight is 271 g/mol. The predicted octanol–water partition coefficient (Wildman–Crippen LogP) is 1.93. The molecule has 2 aromatic rings. The lowest BCUT2D eigenvalue weighted by Gasteiger charge is -2.11. The number of benzene rings is 1. The molecule has 2 N–H and O–H groups in total. The number of pyridine rings is 1. The van der Waals surface area contributed by atoms with Gasteiger partial charge in [0.25, 0.3) is 0 Å². The number of nitrogens with zero attached hydrogens (tertiary/aromatic N) is 2. The molecule has 0 aliphatic carbocycles. The first-order chi connectivity index (χ1) is 9.69. The topological polar surface area (TPSA) is 48.4 Å². The molecule has 0 radical (unpaired) electrons. The number of hydrogen-bond acceptors (Lipinski definition) is 4. The Morgan fingerprint density at radius 3 is 2.45 bits per heavy atom. The van der Waals surface area contributed by atoms with E-state index in [4.69, 9.17) is 5.11 Å². The number of rotatable bonds is 6. The fourth-order valence-electron chi connectivity index (χ4n) is 1.97. The number of aliphatic hydroxyl groups excluding tert-OH is 1. The third-order valence-electron chi connectivity index (χ3n) is 3.10. The second-order valence-corrected chi connectivity index (χ2v) is 5.00. The Balaban J connectivity index is 1.86. The van der Waals surface area contributed by atoms with E-state index in [1.54, 1.807) is 0 Å². The summed E-state index contributed by atoms with van der Waals surface area (Å²) in [7, 11) is 3.96. The van der Waals surface area contributed by atoms with E-state index in [2.05, 4.69) is 22.4 Å². The largest absolute Gasteiger partial charge is 0.392 e. The zero-order valence-electron chi connectivity index (χ0n) is 12.0. The van der Waals surface area contributed by atoms with Gasteiger partial charge in [0.15, 0.2) is 0 Å². The van der Waals surface area contributed by atoms with Gasteiger partial charge in [0.05, 0.1) is 6.61 Å². The molecule has 106 valence electrons. The Morgan fingerprint density at radius 1 is 1.05 bits per heavy atom. The molecule has 0 spiro atoms. The van der Waals surface area contributed by atoms with E-state index < -0.39 is 0 Å². The predicted molar refractivity (Wildman–Crippen MR) is 81.5 cm³/mol. The number of nitrogens with one attached hydrogen (secondary N) is 1. The molecule has 4 nitrogen and oxygen atoms in total. The van der Waals surface area contributed by atoms with E-state index in [1.807, 2.05) is 49.5 Å². The summed E-state index contributed by atoms with van der Waals surface area (Å²) in [5.74, 6) is 0.962. The van der Waals surface area contributed by atoms with Gasteiger partial charge < -0.3 is 15.3 Å². The minimum atomic E-state index is 0.0871. The molecule has 0 aliphatic rings. The minimum Gasteiger partial charge on any atom is -0.392 e. The van der Waals surface area contributed by atoms with Crippen LogP contribution in [0.4, 0.5) is 5.82 Å². The molecule has 0 saturated carbocycles. The smallest absolute Gasteiger partial charge is 0.127 e. The van der Waals surface area contributed by atoms with Crippen LogP contribution in [0.25, 0.3) is 0 Å². The Bertz CT molecular complexity index is 538. The summed E-state index contributed by atoms with van der Waals surface area (Å²) in [6.07, 6.45) is 1.90. The second kappa shape index (κ2) is 7.03. The molecule has 0 amide bonds. The lowest BCUT2D eigenvalue weighted by molar-refractivity contribution is 0.281. The number of aliphatic hydroxyl groups is 1. The van der Waals surface area contributed by atoms with Gasteiger partial charge in [-0.15, -0.1) is 0 Å². The summed E-state index contributed by atoms with van der Waals surface area (Å²) in [5.41, 5.74) is 3.28. The summed E-state index contributed by atoms with van der Waals surface area (Å²) in [4.78, 5) is 6.37. The molecule has 0 atom stereocenters. The molecule has 0 saturated heterocycles. The van der Waals surface area contributed by atoms with Gasteiger partial charge in [-0.25, -0.2) is 4.98 Å². The first-order valence-electron chi connectivity index (χ1n) is 6.70. The van der Waals surface area contributed by atoms with Crippen LogP contribution >= 0.6 is 0 Å². The van der Waals surface area contributed by atoms with Gasteiger partial charge in [-0.05, 0) is 22.8 Å². The molecule has 0 unspecified atom stereocenters. The standard InChI is InChI=1S/C16H21N3O/c1-19(2)16-7-6-15(11-18-16)10-17-9-13-4-3-5-14(8-13)12-20/h3-8,11,17,20H,9-10,12H2,1-2H3. The molecule has 0 fully saturated rings. The third-order valence-corrected chi connectivity index (χ3v) is 3.10. The van der Waals surface area contributed by atoms with Crippen LogP contribution in [0.5, 0.6) is 0 Å². The van der Waals surface area contributed by atoms with Gasteiger partial charge >= 0.3 is 0 Å². The zero-order valence-corrected chi connectivity index (χ0v) is 12.0. The third kappa shape index (κ3) is 4.05. The Kier molecular flexibility index (Phi) is 5.09. The summed E-state index contributed by atoms with van der Waals surface area (Å²) in [5, 5.41) is 12.5. The molecular formula is C16H21N3O. The number of aromatic nitrogens is 1. The molecule has 2 rings (SSSR count). The fourth-order valence-corrected chi connectivity index (χ4v) is 1.97. The van der Waals surface area contributed by atoms with E-state index >= 15 is 0 Å². The molecule has 20 heavy (non-hydrogen) atoms. The van der Waals surface area contributed by atoms with Crippen molar-refractivity contribution < 1.29 is 5.11 Å². The number of anilines is 1. The van der Waals surface area contributed by atoms with Crippen LogP contribution in [0.3, 0.4) is 0 Å². The highest BCUT2D eigenvalue weighted by molar-refractivity contribution is 5.37. The maximum absolute atomic E-state index is 9.10. The van der Waals surface area contributed by atoms with Gasteiger partial charge in [0, 0.05) is 33.4 Å². The van der Waals surface area contributed by atoms with Crippen LogP contribution in [-0.4, -0.2) is 24.2 Å². The van der Waals surface area contributed by atoms with Gasteiger partial charge in [-0.2, -0.15) is 0 Å². The van der Waals surface area contributed by atoms with Crippen molar-refractivity contribution in [2.24, 2.45) is 0 Å². The van der Waals surface area contributed by atoms with Crippen molar-refractivity contribution in [2.45, 2.75) is 19.7 Å². The van der Waals surface area contributed by atoms with Crippen molar-refractivity contribution in [1.82, 2.24) is 10.3 Å². The lowest BCUT2D eigenvalue weighted by Crippen LogP contribution is -2.14. The van der Waals surface area contributed by atoms with Gasteiger partial charge in [0.1, 0.15) is 5.82 Å². The Hall–Kier alpha value is -1.91. The monoisotopic (exact) mass is 271 g/mol. The van der Waals surface area contributed by atoms with E-state index in [0.717, 1.165) is 30.0 Å². The van der Waals surface area contributed by atoms with E-state index in [-0.39, 0.29) is 6.61 Å². The lowest BCUT2D eigenvalue weighted by atomic mass is 10.1. The summed E-state index contributed by atoms with van der Waals surface area (Å²) in [6.45, 7) is 1.65. The average Bonchev–Trinajstić information content (AvgIpc) is 2.48. The molecular weight excluding hydrogens is 250 g/mol. The van der Waals surface area contributed by atoms with Crippen molar-refractivity contribution in [3.8, 4) is 0 Å². The highest BCUT2D eigenvalue weighted by Crippen LogP contribution is 2.08. The van der Waals surface area contributed by atoms with Crippen molar-refractivity contribution in [1.29, 1.82) is 0 Å². The molecule has 1 heterocycles. The Morgan fingerprint density at radius 2 is 1.80 bits per heavy atom. The van der Waals surface area contributed by atoms with E-state index in [9.17, 15) is 0 Å². The van der Waals surface area contributed by atoms with Crippen molar-refractivity contribution in [3.63, 3.8) is 0 Å². The fraction of sp³-hybridized carbons (Fsp3) is 0.312. The molecule has 1 aromatic heterocycles. The molecule has 4 heteroatoms. The maximum atomic E-state index is 9.10. The highest BCUT2D eigenvalue weighted by Gasteiger charge is 1.99. The highest BCUT2D eigenvalue weighted by atomic mass is 16.3. The van der Waals surface area contributed by atoms with E-state index in [1.165, 1.54) is 5.56 Å². The van der Waals surface area contributed by atoms with Gasteiger partial charge in [-0.3, -0.25) is 0 Å². The van der Waals surface area contributed by atoms with Crippen molar-refractivity contribution in [3.05, 3.63) is 59.3 Å². The van der Waals surface area contributed by atoms with Crippen molar-refractivity contribution in [2.75, 3.05) is 19.0 Å². The molecule has 1 aromatic carbocycles. The van der Waals surface area contributed by atoms with Crippen LogP contribution in [0, 0.1) is 0 Å².